The molecule has 0 radical (unpaired) electrons. The summed E-state index contributed by atoms with van der Waals surface area (Å²) in [5.41, 5.74) is 0. The second kappa shape index (κ2) is 8.08. The first-order chi connectivity index (χ1) is 7.79. The Morgan fingerprint density at radius 2 is 2.12 bits per heavy atom. The molecule has 2 unspecified atom stereocenters. The molecule has 0 saturated carbocycles. The fraction of sp³-hybridized carbons (Fsp3) is 1.00. The van der Waals surface area contributed by atoms with Gasteiger partial charge in [-0.05, 0) is 58.7 Å². The lowest BCUT2D eigenvalue weighted by Gasteiger charge is -2.39. The van der Waals surface area contributed by atoms with Gasteiger partial charge in [0.25, 0.3) is 0 Å². The molecule has 2 atom stereocenters. The molecule has 2 heteroatoms. The summed E-state index contributed by atoms with van der Waals surface area (Å²) in [7, 11) is 0. The van der Waals surface area contributed by atoms with Gasteiger partial charge in [-0.3, -0.25) is 4.90 Å². The van der Waals surface area contributed by atoms with E-state index in [1.54, 1.807) is 0 Å². The van der Waals surface area contributed by atoms with Crippen LogP contribution in [0.15, 0.2) is 0 Å². The molecular weight excluding hydrogens is 196 g/mol. The minimum Gasteiger partial charge on any atom is -0.317 e. The van der Waals surface area contributed by atoms with E-state index in [1.165, 1.54) is 51.6 Å². The SMILES string of the molecule is CCNCCCC(C)N1CCCCC1CC. The highest BCUT2D eigenvalue weighted by atomic mass is 15.2. The lowest BCUT2D eigenvalue weighted by molar-refractivity contribution is 0.0944. The number of hydrogen-bond donors (Lipinski definition) is 1. The summed E-state index contributed by atoms with van der Waals surface area (Å²) < 4.78 is 0. The molecule has 0 aromatic heterocycles. The van der Waals surface area contributed by atoms with E-state index in [4.69, 9.17) is 0 Å². The van der Waals surface area contributed by atoms with Crippen molar-refractivity contribution in [3.63, 3.8) is 0 Å². The lowest BCUT2D eigenvalue weighted by Crippen LogP contribution is -2.44. The highest BCUT2D eigenvalue weighted by molar-refractivity contribution is 4.80. The van der Waals surface area contributed by atoms with E-state index in [2.05, 4.69) is 31.0 Å². The molecule has 0 amide bonds. The molecule has 1 N–H and O–H groups in total. The lowest BCUT2D eigenvalue weighted by atomic mass is 9.97. The zero-order valence-corrected chi connectivity index (χ0v) is 11.5. The standard InChI is InChI=1S/C14H30N2/c1-4-14-10-6-7-12-16(14)13(3)9-8-11-15-5-2/h13-15H,4-12H2,1-3H3. The van der Waals surface area contributed by atoms with Crippen molar-refractivity contribution in [2.45, 2.75) is 71.4 Å². The van der Waals surface area contributed by atoms with Crippen LogP contribution in [-0.4, -0.2) is 36.6 Å². The normalized spacial score (nSPS) is 24.6. The zero-order chi connectivity index (χ0) is 11.8. The topological polar surface area (TPSA) is 15.3 Å². The first-order valence-electron chi connectivity index (χ1n) is 7.26. The molecule has 1 saturated heterocycles. The number of nitrogens with zero attached hydrogens (tertiary/aromatic N) is 1. The molecule has 1 aliphatic rings. The number of rotatable bonds is 7. The van der Waals surface area contributed by atoms with Gasteiger partial charge in [-0.15, -0.1) is 0 Å². The fourth-order valence-electron chi connectivity index (χ4n) is 2.91. The Kier molecular flexibility index (Phi) is 7.06. The molecule has 0 aliphatic carbocycles. The van der Waals surface area contributed by atoms with Gasteiger partial charge in [0, 0.05) is 12.1 Å². The maximum absolute atomic E-state index is 3.41. The fourth-order valence-corrected chi connectivity index (χ4v) is 2.91. The third-order valence-corrected chi connectivity index (χ3v) is 3.94. The maximum Gasteiger partial charge on any atom is 0.00954 e. The first-order valence-corrected chi connectivity index (χ1v) is 7.26. The predicted octanol–water partition coefficient (Wildman–Crippen LogP) is 3.03. The van der Waals surface area contributed by atoms with Gasteiger partial charge in [0.05, 0.1) is 0 Å². The Morgan fingerprint density at radius 1 is 1.31 bits per heavy atom. The van der Waals surface area contributed by atoms with Crippen LogP contribution in [0.5, 0.6) is 0 Å². The van der Waals surface area contributed by atoms with Gasteiger partial charge < -0.3 is 5.32 Å². The average molecular weight is 226 g/mol. The minimum atomic E-state index is 0.781. The van der Waals surface area contributed by atoms with Crippen LogP contribution in [0.25, 0.3) is 0 Å². The van der Waals surface area contributed by atoms with Gasteiger partial charge >= 0.3 is 0 Å². The highest BCUT2D eigenvalue weighted by Crippen LogP contribution is 2.23. The van der Waals surface area contributed by atoms with Crippen molar-refractivity contribution in [3.05, 3.63) is 0 Å². The molecule has 0 aromatic rings. The van der Waals surface area contributed by atoms with Crippen LogP contribution in [0.1, 0.15) is 59.3 Å². The number of likely N-dealkylation sites (tertiary alicyclic amines) is 1. The van der Waals surface area contributed by atoms with E-state index in [1.807, 2.05) is 0 Å². The molecule has 96 valence electrons. The third-order valence-electron chi connectivity index (χ3n) is 3.94. The van der Waals surface area contributed by atoms with E-state index in [9.17, 15) is 0 Å². The van der Waals surface area contributed by atoms with Crippen molar-refractivity contribution in [2.75, 3.05) is 19.6 Å². The van der Waals surface area contributed by atoms with Gasteiger partial charge in [0.2, 0.25) is 0 Å². The quantitative estimate of drug-likeness (QED) is 0.671. The van der Waals surface area contributed by atoms with Crippen LogP contribution < -0.4 is 5.32 Å². The molecule has 1 heterocycles. The van der Waals surface area contributed by atoms with E-state index >= 15 is 0 Å². The predicted molar refractivity (Wildman–Crippen MR) is 71.9 cm³/mol. The Hall–Kier alpha value is -0.0800. The average Bonchev–Trinajstić information content (AvgIpc) is 2.34. The van der Waals surface area contributed by atoms with Crippen LogP contribution in [0.4, 0.5) is 0 Å². The van der Waals surface area contributed by atoms with Crippen LogP contribution >= 0.6 is 0 Å². The molecule has 1 aliphatic heterocycles. The second-order valence-electron chi connectivity index (χ2n) is 5.14. The molecule has 0 aromatic carbocycles. The summed E-state index contributed by atoms with van der Waals surface area (Å²) in [6, 6.07) is 1.65. The molecular formula is C14H30N2. The third kappa shape index (κ3) is 4.42. The first kappa shape index (κ1) is 14.0. The summed E-state index contributed by atoms with van der Waals surface area (Å²) in [5.74, 6) is 0. The molecule has 1 rings (SSSR count). The van der Waals surface area contributed by atoms with Crippen molar-refractivity contribution in [1.29, 1.82) is 0 Å². The molecule has 1 fully saturated rings. The minimum absolute atomic E-state index is 0.781. The van der Waals surface area contributed by atoms with Gasteiger partial charge in [-0.25, -0.2) is 0 Å². The maximum atomic E-state index is 3.41. The second-order valence-corrected chi connectivity index (χ2v) is 5.14. The van der Waals surface area contributed by atoms with Crippen molar-refractivity contribution in [2.24, 2.45) is 0 Å². The highest BCUT2D eigenvalue weighted by Gasteiger charge is 2.24. The summed E-state index contributed by atoms with van der Waals surface area (Å²) in [5, 5.41) is 3.41. The van der Waals surface area contributed by atoms with Crippen molar-refractivity contribution < 1.29 is 0 Å². The van der Waals surface area contributed by atoms with Crippen LogP contribution in [0, 0.1) is 0 Å². The smallest absolute Gasteiger partial charge is 0.00954 e. The Balaban J connectivity index is 2.24. The van der Waals surface area contributed by atoms with Gasteiger partial charge in [0.15, 0.2) is 0 Å². The molecule has 2 nitrogen and oxygen atoms in total. The number of nitrogens with one attached hydrogen (secondary N) is 1. The zero-order valence-electron chi connectivity index (χ0n) is 11.5. The van der Waals surface area contributed by atoms with Gasteiger partial charge in [-0.1, -0.05) is 20.3 Å². The van der Waals surface area contributed by atoms with E-state index in [0.717, 1.165) is 18.6 Å². The van der Waals surface area contributed by atoms with Crippen molar-refractivity contribution in [1.82, 2.24) is 10.2 Å². The summed E-state index contributed by atoms with van der Waals surface area (Å²) in [6.45, 7) is 10.6. The summed E-state index contributed by atoms with van der Waals surface area (Å²) in [6.07, 6.45) is 8.28. The summed E-state index contributed by atoms with van der Waals surface area (Å²) in [4.78, 5) is 2.76. The Bertz CT molecular complexity index is 170. The van der Waals surface area contributed by atoms with Crippen molar-refractivity contribution >= 4 is 0 Å². The van der Waals surface area contributed by atoms with Crippen LogP contribution in [0.2, 0.25) is 0 Å². The molecule has 16 heavy (non-hydrogen) atoms. The van der Waals surface area contributed by atoms with Crippen LogP contribution in [-0.2, 0) is 0 Å². The molecule has 0 spiro atoms. The van der Waals surface area contributed by atoms with Crippen molar-refractivity contribution in [3.8, 4) is 0 Å². The Morgan fingerprint density at radius 3 is 2.81 bits per heavy atom. The number of piperidine rings is 1. The van der Waals surface area contributed by atoms with E-state index in [-0.39, 0.29) is 0 Å². The van der Waals surface area contributed by atoms with E-state index in [0.29, 0.717) is 0 Å². The Labute approximate surface area is 102 Å². The monoisotopic (exact) mass is 226 g/mol. The number of hydrogen-bond acceptors (Lipinski definition) is 2. The summed E-state index contributed by atoms with van der Waals surface area (Å²) >= 11 is 0. The molecule has 0 bridgehead atoms. The van der Waals surface area contributed by atoms with Gasteiger partial charge in [0.1, 0.15) is 0 Å². The van der Waals surface area contributed by atoms with E-state index < -0.39 is 0 Å². The van der Waals surface area contributed by atoms with Crippen LogP contribution in [0.3, 0.4) is 0 Å². The van der Waals surface area contributed by atoms with Gasteiger partial charge in [-0.2, -0.15) is 0 Å². The largest absolute Gasteiger partial charge is 0.317 e.